The van der Waals surface area contributed by atoms with Gasteiger partial charge in [0, 0.05) is 6.54 Å². The van der Waals surface area contributed by atoms with Gasteiger partial charge in [0.05, 0.1) is 13.3 Å². The predicted octanol–water partition coefficient (Wildman–Crippen LogP) is 3.59. The molecule has 0 amide bonds. The Balaban J connectivity index is 0.00000106. The van der Waals surface area contributed by atoms with Crippen molar-refractivity contribution in [3.05, 3.63) is 47.7 Å². The van der Waals surface area contributed by atoms with Crippen LogP contribution in [-0.2, 0) is 6.54 Å². The lowest BCUT2D eigenvalue weighted by atomic mass is 10.2. The number of nitrogens with zero attached hydrogens (tertiary/aromatic N) is 1. The summed E-state index contributed by atoms with van der Waals surface area (Å²) < 4.78 is 32.0. The van der Waals surface area contributed by atoms with Crippen LogP contribution < -0.4 is 15.8 Å². The van der Waals surface area contributed by atoms with E-state index < -0.39 is 11.6 Å². The minimum Gasteiger partial charge on any atom is -0.497 e. The first kappa shape index (κ1) is 16.7. The van der Waals surface area contributed by atoms with Gasteiger partial charge in [0.25, 0.3) is 0 Å². The van der Waals surface area contributed by atoms with E-state index in [0.29, 0.717) is 5.75 Å². The molecule has 0 aliphatic carbocycles. The molecule has 114 valence electrons. The Bertz CT molecular complexity index is 574. The number of halogens is 2. The largest absolute Gasteiger partial charge is 0.497 e. The van der Waals surface area contributed by atoms with Crippen molar-refractivity contribution in [1.82, 2.24) is 4.98 Å². The zero-order chi connectivity index (χ0) is 15.8. The molecule has 0 unspecified atom stereocenters. The summed E-state index contributed by atoms with van der Waals surface area (Å²) in [5, 5.41) is 2.66. The van der Waals surface area contributed by atoms with Crippen LogP contribution in [0.15, 0.2) is 30.5 Å². The number of nitrogens with two attached hydrogens (primary N) is 1. The van der Waals surface area contributed by atoms with Gasteiger partial charge in [-0.25, -0.2) is 13.8 Å². The maximum atomic E-state index is 13.6. The van der Waals surface area contributed by atoms with E-state index in [4.69, 9.17) is 10.5 Å². The average molecular weight is 295 g/mol. The first-order chi connectivity index (χ1) is 10.1. The minimum absolute atomic E-state index is 0.265. The Morgan fingerprint density at radius 1 is 1.19 bits per heavy atom. The number of benzene rings is 1. The van der Waals surface area contributed by atoms with E-state index in [1.807, 2.05) is 13.8 Å². The number of anilines is 2. The highest BCUT2D eigenvalue weighted by Gasteiger charge is 2.12. The highest BCUT2D eigenvalue weighted by molar-refractivity contribution is 5.53. The number of hydrogen-bond acceptors (Lipinski definition) is 4. The van der Waals surface area contributed by atoms with Crippen molar-refractivity contribution in [2.45, 2.75) is 20.4 Å². The molecule has 2 rings (SSSR count). The van der Waals surface area contributed by atoms with E-state index in [9.17, 15) is 8.78 Å². The van der Waals surface area contributed by atoms with E-state index in [1.165, 1.54) is 0 Å². The number of pyridine rings is 1. The molecule has 1 heterocycles. The molecule has 2 aromatic rings. The quantitative estimate of drug-likeness (QED) is 0.905. The van der Waals surface area contributed by atoms with Crippen molar-refractivity contribution in [3.63, 3.8) is 0 Å². The summed E-state index contributed by atoms with van der Waals surface area (Å²) in [4.78, 5) is 3.39. The lowest BCUT2D eigenvalue weighted by Crippen LogP contribution is -2.07. The lowest BCUT2D eigenvalue weighted by Gasteiger charge is -2.10. The summed E-state index contributed by atoms with van der Waals surface area (Å²) in [6, 6.07) is 7.13. The van der Waals surface area contributed by atoms with Crippen LogP contribution in [0.2, 0.25) is 0 Å². The van der Waals surface area contributed by atoms with E-state index >= 15 is 0 Å². The van der Waals surface area contributed by atoms with E-state index in [2.05, 4.69) is 10.3 Å². The molecule has 3 N–H and O–H groups in total. The SMILES string of the molecule is CC.COc1ccc(CNc2c(F)cnc(N)c2F)cc1. The van der Waals surface area contributed by atoms with Gasteiger partial charge in [0.2, 0.25) is 0 Å². The van der Waals surface area contributed by atoms with Crippen LogP contribution in [0.5, 0.6) is 5.75 Å². The van der Waals surface area contributed by atoms with Crippen LogP contribution in [0.1, 0.15) is 19.4 Å². The highest BCUT2D eigenvalue weighted by Crippen LogP contribution is 2.22. The second-order valence-corrected chi connectivity index (χ2v) is 3.88. The molecule has 0 aliphatic rings. The van der Waals surface area contributed by atoms with E-state index in [-0.39, 0.29) is 18.1 Å². The third kappa shape index (κ3) is 4.30. The first-order valence-corrected chi connectivity index (χ1v) is 6.58. The van der Waals surface area contributed by atoms with Crippen molar-refractivity contribution in [1.29, 1.82) is 0 Å². The van der Waals surface area contributed by atoms with Crippen molar-refractivity contribution >= 4 is 11.5 Å². The molecule has 0 spiro atoms. The first-order valence-electron chi connectivity index (χ1n) is 6.58. The number of hydrogen-bond donors (Lipinski definition) is 2. The second-order valence-electron chi connectivity index (χ2n) is 3.88. The standard InChI is InChI=1S/C13H13F2N3O.C2H6/c1-19-9-4-2-8(3-5-9)6-17-12-10(14)7-18-13(16)11(12)15;1-2/h2-5,7H,6H2,1H3,(H3,16,17,18);1-2H3. The molecule has 0 saturated heterocycles. The summed E-state index contributed by atoms with van der Waals surface area (Å²) in [5.74, 6) is -1.28. The number of nitrogens with one attached hydrogen (secondary N) is 1. The van der Waals surface area contributed by atoms with Crippen LogP contribution in [0, 0.1) is 11.6 Å². The van der Waals surface area contributed by atoms with Gasteiger partial charge in [-0.1, -0.05) is 26.0 Å². The number of ether oxygens (including phenoxy) is 1. The van der Waals surface area contributed by atoms with Crippen LogP contribution in [-0.4, -0.2) is 12.1 Å². The summed E-state index contributed by atoms with van der Waals surface area (Å²) in [6.07, 6.45) is 0.884. The maximum absolute atomic E-state index is 13.6. The molecule has 0 bridgehead atoms. The number of aromatic nitrogens is 1. The molecule has 4 nitrogen and oxygen atoms in total. The number of nitrogen functional groups attached to an aromatic ring is 1. The van der Waals surface area contributed by atoms with Crippen LogP contribution in [0.4, 0.5) is 20.3 Å². The van der Waals surface area contributed by atoms with Crippen LogP contribution in [0.25, 0.3) is 0 Å². The van der Waals surface area contributed by atoms with Gasteiger partial charge in [-0.05, 0) is 17.7 Å². The summed E-state index contributed by atoms with van der Waals surface area (Å²) in [6.45, 7) is 4.27. The third-order valence-electron chi connectivity index (χ3n) is 2.63. The minimum atomic E-state index is -0.881. The molecule has 0 atom stereocenters. The third-order valence-corrected chi connectivity index (χ3v) is 2.63. The van der Waals surface area contributed by atoms with Gasteiger partial charge in [-0.3, -0.25) is 0 Å². The Labute approximate surface area is 123 Å². The Morgan fingerprint density at radius 3 is 2.38 bits per heavy atom. The van der Waals surface area contributed by atoms with Crippen molar-refractivity contribution in [3.8, 4) is 5.75 Å². The van der Waals surface area contributed by atoms with E-state index in [1.54, 1.807) is 31.4 Å². The van der Waals surface area contributed by atoms with Gasteiger partial charge in [-0.15, -0.1) is 0 Å². The molecular weight excluding hydrogens is 276 g/mol. The molecule has 0 aliphatic heterocycles. The summed E-state index contributed by atoms with van der Waals surface area (Å²) in [7, 11) is 1.57. The molecular formula is C15H19F2N3O. The summed E-state index contributed by atoms with van der Waals surface area (Å²) in [5.41, 5.74) is 5.87. The molecule has 0 saturated carbocycles. The van der Waals surface area contributed by atoms with Crippen LogP contribution in [0.3, 0.4) is 0 Å². The van der Waals surface area contributed by atoms with Gasteiger partial charge >= 0.3 is 0 Å². The highest BCUT2D eigenvalue weighted by atomic mass is 19.1. The monoisotopic (exact) mass is 295 g/mol. The number of methoxy groups -OCH3 is 1. The Hall–Kier alpha value is -2.37. The normalized spacial score (nSPS) is 9.57. The van der Waals surface area contributed by atoms with Crippen molar-refractivity contribution < 1.29 is 13.5 Å². The zero-order valence-corrected chi connectivity index (χ0v) is 12.3. The summed E-state index contributed by atoms with van der Waals surface area (Å²) >= 11 is 0. The Kier molecular flexibility index (Phi) is 6.39. The van der Waals surface area contributed by atoms with Gasteiger partial charge in [-0.2, -0.15) is 0 Å². The molecule has 21 heavy (non-hydrogen) atoms. The second kappa shape index (κ2) is 8.04. The Morgan fingerprint density at radius 2 is 1.81 bits per heavy atom. The lowest BCUT2D eigenvalue weighted by molar-refractivity contribution is 0.414. The van der Waals surface area contributed by atoms with E-state index in [0.717, 1.165) is 11.8 Å². The zero-order valence-electron chi connectivity index (χ0n) is 12.3. The van der Waals surface area contributed by atoms with Gasteiger partial charge < -0.3 is 15.8 Å². The maximum Gasteiger partial charge on any atom is 0.191 e. The molecule has 1 aromatic carbocycles. The fourth-order valence-corrected chi connectivity index (χ4v) is 1.58. The fraction of sp³-hybridized carbons (Fsp3) is 0.267. The fourth-order valence-electron chi connectivity index (χ4n) is 1.58. The van der Waals surface area contributed by atoms with Gasteiger partial charge in [0.1, 0.15) is 11.4 Å². The average Bonchev–Trinajstić information content (AvgIpc) is 2.53. The molecule has 1 aromatic heterocycles. The van der Waals surface area contributed by atoms with Crippen molar-refractivity contribution in [2.24, 2.45) is 0 Å². The number of rotatable bonds is 4. The van der Waals surface area contributed by atoms with Gasteiger partial charge in [0.15, 0.2) is 17.5 Å². The predicted molar refractivity (Wildman–Crippen MR) is 80.2 cm³/mol. The topological polar surface area (TPSA) is 60.2 Å². The smallest absolute Gasteiger partial charge is 0.191 e. The molecule has 6 heteroatoms. The van der Waals surface area contributed by atoms with Crippen LogP contribution >= 0.6 is 0 Å². The van der Waals surface area contributed by atoms with Crippen molar-refractivity contribution in [2.75, 3.05) is 18.2 Å². The molecule has 0 radical (unpaired) electrons. The molecule has 0 fully saturated rings.